The summed E-state index contributed by atoms with van der Waals surface area (Å²) >= 11 is 0. The van der Waals surface area contributed by atoms with Gasteiger partial charge in [0.2, 0.25) is 0 Å². The largest absolute Gasteiger partial charge is 0.507 e. The highest BCUT2D eigenvalue weighted by molar-refractivity contribution is 6.46. The number of ketones is 1. The Kier molecular flexibility index (Phi) is 5.82. The molecule has 0 radical (unpaired) electrons. The fourth-order valence-corrected chi connectivity index (χ4v) is 3.82. The second-order valence-electron chi connectivity index (χ2n) is 7.57. The number of nitrogens with zero attached hydrogens (tertiary/aromatic N) is 1. The van der Waals surface area contributed by atoms with Crippen molar-refractivity contribution in [3.05, 3.63) is 58.6 Å². The number of methoxy groups -OCH3 is 1. The van der Waals surface area contributed by atoms with Gasteiger partial charge in [0, 0.05) is 12.1 Å². The minimum Gasteiger partial charge on any atom is -0.507 e. The summed E-state index contributed by atoms with van der Waals surface area (Å²) < 4.78 is 11.0. The minimum atomic E-state index is -0.742. The normalized spacial score (nSPS) is 18.7. The third kappa shape index (κ3) is 3.55. The van der Waals surface area contributed by atoms with Crippen molar-refractivity contribution in [2.75, 3.05) is 13.7 Å². The van der Waals surface area contributed by atoms with Gasteiger partial charge in [0.25, 0.3) is 11.7 Å². The average molecular weight is 397 g/mol. The van der Waals surface area contributed by atoms with Gasteiger partial charge in [0.05, 0.1) is 18.9 Å². The van der Waals surface area contributed by atoms with Crippen LogP contribution in [0.4, 0.5) is 0 Å². The third-order valence-corrected chi connectivity index (χ3v) is 5.27. The number of benzene rings is 1. The Hall–Kier alpha value is -3.02. The number of likely N-dealkylation sites (tertiary alicyclic amines) is 1. The molecule has 0 aliphatic carbocycles. The maximum atomic E-state index is 12.9. The molecule has 2 aromatic rings. The topological polar surface area (TPSA) is 80.0 Å². The molecule has 1 N–H and O–H groups in total. The van der Waals surface area contributed by atoms with Crippen LogP contribution in [0, 0.1) is 6.92 Å². The van der Waals surface area contributed by atoms with Gasteiger partial charge >= 0.3 is 0 Å². The van der Waals surface area contributed by atoms with Crippen molar-refractivity contribution >= 4 is 17.4 Å². The molecule has 1 unspecified atom stereocenters. The molecule has 3 rings (SSSR count). The van der Waals surface area contributed by atoms with Crippen LogP contribution in [0.15, 0.2) is 40.5 Å². The number of carbonyl (C=O) groups excluding carboxylic acids is 2. The van der Waals surface area contributed by atoms with Crippen LogP contribution in [0.25, 0.3) is 5.76 Å². The summed E-state index contributed by atoms with van der Waals surface area (Å²) in [5.74, 6) is -0.174. The number of carbonyl (C=O) groups is 2. The maximum absolute atomic E-state index is 12.9. The number of amides is 1. The maximum Gasteiger partial charge on any atom is 0.295 e. The van der Waals surface area contributed by atoms with E-state index in [2.05, 4.69) is 0 Å². The van der Waals surface area contributed by atoms with Crippen LogP contribution in [0.2, 0.25) is 0 Å². The fourth-order valence-electron chi connectivity index (χ4n) is 3.82. The average Bonchev–Trinajstić information content (AvgIpc) is 3.30. The molecule has 0 saturated carbocycles. The zero-order valence-electron chi connectivity index (χ0n) is 17.5. The molecule has 1 aliphatic heterocycles. The number of aliphatic hydroxyl groups is 1. The van der Waals surface area contributed by atoms with Gasteiger partial charge in [0.1, 0.15) is 23.3 Å². The lowest BCUT2D eigenvalue weighted by Gasteiger charge is -2.23. The van der Waals surface area contributed by atoms with Crippen molar-refractivity contribution in [2.24, 2.45) is 0 Å². The summed E-state index contributed by atoms with van der Waals surface area (Å²) in [5.41, 5.74) is 2.24. The van der Waals surface area contributed by atoms with E-state index in [4.69, 9.17) is 9.15 Å². The quantitative estimate of drug-likeness (QED) is 0.439. The van der Waals surface area contributed by atoms with Crippen LogP contribution in [-0.4, -0.2) is 35.4 Å². The van der Waals surface area contributed by atoms with E-state index < -0.39 is 17.7 Å². The van der Waals surface area contributed by atoms with Gasteiger partial charge in [-0.1, -0.05) is 20.8 Å². The van der Waals surface area contributed by atoms with Crippen LogP contribution in [-0.2, 0) is 9.59 Å². The first-order chi connectivity index (χ1) is 13.8. The van der Waals surface area contributed by atoms with Crippen LogP contribution in [0.5, 0.6) is 5.75 Å². The van der Waals surface area contributed by atoms with E-state index in [0.717, 1.165) is 16.9 Å². The molecule has 1 fully saturated rings. The summed E-state index contributed by atoms with van der Waals surface area (Å²) in [6.07, 6.45) is 2.18. The van der Waals surface area contributed by atoms with E-state index in [1.54, 1.807) is 19.2 Å². The molecular weight excluding hydrogens is 370 g/mol. The number of aliphatic hydroxyl groups excluding tert-OH is 1. The van der Waals surface area contributed by atoms with Crippen molar-refractivity contribution in [1.82, 2.24) is 4.90 Å². The van der Waals surface area contributed by atoms with Crippen LogP contribution >= 0.6 is 0 Å². The standard InChI is InChI=1S/C23H27NO5/c1-6-9-24-20(17-8-7-10-29-17)19(22(26)23(24)27)21(25)16-12-15(13(2)3)18(28-5)11-14(16)4/h7-8,10-13,20,25H,6,9H2,1-5H3/b21-19+. The highest BCUT2D eigenvalue weighted by atomic mass is 16.5. The van der Waals surface area contributed by atoms with E-state index in [0.29, 0.717) is 24.3 Å². The molecule has 6 nitrogen and oxygen atoms in total. The van der Waals surface area contributed by atoms with Crippen molar-refractivity contribution in [2.45, 2.75) is 46.1 Å². The Morgan fingerprint density at radius 3 is 2.59 bits per heavy atom. The van der Waals surface area contributed by atoms with Gasteiger partial charge < -0.3 is 19.2 Å². The zero-order valence-corrected chi connectivity index (χ0v) is 17.5. The van der Waals surface area contributed by atoms with Gasteiger partial charge in [-0.2, -0.15) is 0 Å². The van der Waals surface area contributed by atoms with Crippen molar-refractivity contribution in [1.29, 1.82) is 0 Å². The monoisotopic (exact) mass is 397 g/mol. The Bertz CT molecular complexity index is 956. The molecule has 6 heteroatoms. The van der Waals surface area contributed by atoms with Gasteiger partial charge in [-0.15, -0.1) is 0 Å². The number of Topliss-reactive ketones (excluding diaryl/α,β-unsaturated/α-hetero) is 1. The molecule has 154 valence electrons. The van der Waals surface area contributed by atoms with Crippen molar-refractivity contribution in [3.8, 4) is 5.75 Å². The molecule has 1 aromatic carbocycles. The number of hydrogen-bond acceptors (Lipinski definition) is 5. The molecule has 0 bridgehead atoms. The van der Waals surface area contributed by atoms with Gasteiger partial charge in [-0.05, 0) is 54.7 Å². The Morgan fingerprint density at radius 1 is 1.31 bits per heavy atom. The second-order valence-corrected chi connectivity index (χ2v) is 7.57. The first kappa shape index (κ1) is 20.7. The number of ether oxygens (including phenoxy) is 1. The molecule has 1 amide bonds. The summed E-state index contributed by atoms with van der Waals surface area (Å²) in [6.45, 7) is 8.22. The Labute approximate surface area is 170 Å². The molecule has 0 spiro atoms. The van der Waals surface area contributed by atoms with E-state index in [-0.39, 0.29) is 17.3 Å². The second kappa shape index (κ2) is 8.15. The van der Waals surface area contributed by atoms with E-state index in [1.807, 2.05) is 39.8 Å². The summed E-state index contributed by atoms with van der Waals surface area (Å²) in [6, 6.07) is 6.35. The van der Waals surface area contributed by atoms with Crippen molar-refractivity contribution < 1.29 is 23.8 Å². The predicted octanol–water partition coefficient (Wildman–Crippen LogP) is 4.55. The third-order valence-electron chi connectivity index (χ3n) is 5.27. The number of furan rings is 1. The van der Waals surface area contributed by atoms with Gasteiger partial charge in [0.15, 0.2) is 0 Å². The number of hydrogen-bond donors (Lipinski definition) is 1. The van der Waals surface area contributed by atoms with Gasteiger partial charge in [-0.3, -0.25) is 9.59 Å². The van der Waals surface area contributed by atoms with Crippen LogP contribution < -0.4 is 4.74 Å². The smallest absolute Gasteiger partial charge is 0.295 e. The van der Waals surface area contributed by atoms with Crippen molar-refractivity contribution in [3.63, 3.8) is 0 Å². The fraction of sp³-hybridized carbons (Fsp3) is 0.391. The lowest BCUT2D eigenvalue weighted by Crippen LogP contribution is -2.30. The Balaban J connectivity index is 2.23. The highest BCUT2D eigenvalue weighted by Crippen LogP contribution is 2.41. The van der Waals surface area contributed by atoms with Crippen LogP contribution in [0.3, 0.4) is 0 Å². The first-order valence-corrected chi connectivity index (χ1v) is 9.82. The molecule has 2 heterocycles. The molecule has 1 aliphatic rings. The molecular formula is C23H27NO5. The first-order valence-electron chi connectivity index (χ1n) is 9.82. The summed E-state index contributed by atoms with van der Waals surface area (Å²) in [5, 5.41) is 11.2. The summed E-state index contributed by atoms with van der Waals surface area (Å²) in [4.78, 5) is 27.0. The zero-order chi connectivity index (χ0) is 21.3. The lowest BCUT2D eigenvalue weighted by molar-refractivity contribution is -0.140. The summed E-state index contributed by atoms with van der Waals surface area (Å²) in [7, 11) is 1.60. The van der Waals surface area contributed by atoms with E-state index in [1.165, 1.54) is 11.2 Å². The van der Waals surface area contributed by atoms with Gasteiger partial charge in [-0.25, -0.2) is 0 Å². The molecule has 1 saturated heterocycles. The van der Waals surface area contributed by atoms with Crippen LogP contribution in [0.1, 0.15) is 61.6 Å². The molecule has 1 atom stereocenters. The van der Waals surface area contributed by atoms with E-state index >= 15 is 0 Å². The molecule has 29 heavy (non-hydrogen) atoms. The molecule has 1 aromatic heterocycles. The lowest BCUT2D eigenvalue weighted by atomic mass is 9.92. The predicted molar refractivity (Wildman–Crippen MR) is 110 cm³/mol. The Morgan fingerprint density at radius 2 is 2.03 bits per heavy atom. The SMILES string of the molecule is CCCN1C(=O)C(=O)/C(=C(/O)c2cc(C(C)C)c(OC)cc2C)C1c1ccco1. The number of rotatable bonds is 6. The number of aryl methyl sites for hydroxylation is 1. The highest BCUT2D eigenvalue weighted by Gasteiger charge is 2.47. The van der Waals surface area contributed by atoms with E-state index in [9.17, 15) is 14.7 Å². The minimum absolute atomic E-state index is 0.0568.